The molecule has 2 aromatic carbocycles. The van der Waals surface area contributed by atoms with Crippen molar-refractivity contribution in [3.8, 4) is 5.75 Å². The molecule has 2 fully saturated rings. The summed E-state index contributed by atoms with van der Waals surface area (Å²) < 4.78 is 12.2. The number of hydrogen-bond donors (Lipinski definition) is 4. The summed E-state index contributed by atoms with van der Waals surface area (Å²) in [7, 11) is 2.97. The maximum absolute atomic E-state index is 7.76. The van der Waals surface area contributed by atoms with Gasteiger partial charge in [0.05, 0.1) is 30.5 Å². The van der Waals surface area contributed by atoms with Gasteiger partial charge >= 0.3 is 0 Å². The van der Waals surface area contributed by atoms with E-state index in [2.05, 4.69) is 90.3 Å². The van der Waals surface area contributed by atoms with Crippen molar-refractivity contribution in [2.45, 2.75) is 32.2 Å². The first kappa shape index (κ1) is 34.0. The summed E-state index contributed by atoms with van der Waals surface area (Å²) in [4.78, 5) is 14.5. The lowest BCUT2D eigenvalue weighted by atomic mass is 10.00. The van der Waals surface area contributed by atoms with Crippen molar-refractivity contribution in [1.82, 2.24) is 20.3 Å². The molecule has 0 aliphatic carbocycles. The smallest absolute Gasteiger partial charge is 0.229 e. The molecule has 246 valence electrons. The zero-order valence-corrected chi connectivity index (χ0v) is 29.8. The Bertz CT molecular complexity index is 1540. The SMILES string of the molecule is CCc1cc(Nc2ncc(Br)c(Nc3ccc(/C(C=N)=N/NC)cc3P(C)C)n2)c(OC)cc1N1CCC(N2CCOCC2)CC1. The van der Waals surface area contributed by atoms with E-state index in [4.69, 9.17) is 19.9 Å². The Hall–Kier alpha value is -3.31. The summed E-state index contributed by atoms with van der Waals surface area (Å²) in [5.74, 6) is 1.87. The predicted molar refractivity (Wildman–Crippen MR) is 196 cm³/mol. The van der Waals surface area contributed by atoms with Gasteiger partial charge in [-0.25, -0.2) is 4.98 Å². The van der Waals surface area contributed by atoms with Gasteiger partial charge in [-0.15, -0.1) is 0 Å². The number of rotatable bonds is 12. The average Bonchev–Trinajstić information content (AvgIpc) is 3.09. The van der Waals surface area contributed by atoms with Crippen LogP contribution in [0.25, 0.3) is 0 Å². The summed E-state index contributed by atoms with van der Waals surface area (Å²) in [6, 6.07) is 11.0. The van der Waals surface area contributed by atoms with Crippen molar-refractivity contribution in [1.29, 1.82) is 5.41 Å². The molecular formula is C33H45BrN9O2P. The van der Waals surface area contributed by atoms with Crippen molar-refractivity contribution in [2.75, 3.05) is 82.4 Å². The predicted octanol–water partition coefficient (Wildman–Crippen LogP) is 5.54. The van der Waals surface area contributed by atoms with Crippen LogP contribution in [-0.4, -0.2) is 99.7 Å². The first-order valence-corrected chi connectivity index (χ1v) is 18.8. The molecule has 0 unspecified atom stereocenters. The summed E-state index contributed by atoms with van der Waals surface area (Å²) in [6.07, 6.45) is 6.22. The third-order valence-electron chi connectivity index (χ3n) is 8.54. The maximum atomic E-state index is 7.76. The molecule has 46 heavy (non-hydrogen) atoms. The highest BCUT2D eigenvalue weighted by Gasteiger charge is 2.27. The minimum atomic E-state index is -0.468. The Labute approximate surface area is 281 Å². The van der Waals surface area contributed by atoms with Crippen molar-refractivity contribution < 1.29 is 9.47 Å². The van der Waals surface area contributed by atoms with E-state index in [1.807, 2.05) is 12.1 Å². The van der Waals surface area contributed by atoms with Crippen LogP contribution in [0.1, 0.15) is 30.9 Å². The van der Waals surface area contributed by atoms with Gasteiger partial charge in [0.1, 0.15) is 17.3 Å². The Morgan fingerprint density at radius 3 is 2.54 bits per heavy atom. The average molecular weight is 711 g/mol. The fraction of sp³-hybridized carbons (Fsp3) is 0.455. The number of ether oxygens (including phenoxy) is 2. The summed E-state index contributed by atoms with van der Waals surface area (Å²) in [5, 5.41) is 20.1. The number of methoxy groups -OCH3 is 1. The van der Waals surface area contributed by atoms with Crippen LogP contribution in [0.5, 0.6) is 5.75 Å². The highest BCUT2D eigenvalue weighted by atomic mass is 79.9. The molecule has 2 aliphatic heterocycles. The van der Waals surface area contributed by atoms with Crippen molar-refractivity contribution in [3.05, 3.63) is 52.1 Å². The van der Waals surface area contributed by atoms with Gasteiger partial charge in [-0.2, -0.15) is 10.1 Å². The highest BCUT2D eigenvalue weighted by molar-refractivity contribution is 9.10. The topological polar surface area (TPSA) is 123 Å². The van der Waals surface area contributed by atoms with Gasteiger partial charge in [0.15, 0.2) is 0 Å². The van der Waals surface area contributed by atoms with E-state index in [1.54, 1.807) is 20.4 Å². The molecule has 3 aromatic rings. The second-order valence-corrected chi connectivity index (χ2v) is 14.7. The van der Waals surface area contributed by atoms with Gasteiger partial charge in [0.2, 0.25) is 5.95 Å². The molecule has 0 radical (unpaired) electrons. The van der Waals surface area contributed by atoms with E-state index < -0.39 is 7.92 Å². The van der Waals surface area contributed by atoms with Crippen molar-refractivity contribution in [3.63, 3.8) is 0 Å². The van der Waals surface area contributed by atoms with Crippen LogP contribution in [0.15, 0.2) is 46.1 Å². The van der Waals surface area contributed by atoms with Crippen LogP contribution in [0, 0.1) is 5.41 Å². The number of aromatic nitrogens is 2. The van der Waals surface area contributed by atoms with Crippen LogP contribution in [0.2, 0.25) is 0 Å². The van der Waals surface area contributed by atoms with E-state index in [-0.39, 0.29) is 0 Å². The molecule has 0 saturated carbocycles. The molecule has 4 N–H and O–H groups in total. The number of hydrogen-bond acceptors (Lipinski definition) is 11. The number of morpholine rings is 1. The molecular weight excluding hydrogens is 665 g/mol. The van der Waals surface area contributed by atoms with E-state index in [0.717, 1.165) is 91.1 Å². The largest absolute Gasteiger partial charge is 0.494 e. The van der Waals surface area contributed by atoms with Crippen molar-refractivity contribution in [2.24, 2.45) is 5.10 Å². The second kappa shape index (κ2) is 16.0. The lowest BCUT2D eigenvalue weighted by Gasteiger charge is -2.41. The zero-order chi connectivity index (χ0) is 32.6. The molecule has 13 heteroatoms. The highest BCUT2D eigenvalue weighted by Crippen LogP contribution is 2.38. The quantitative estimate of drug-likeness (QED) is 0.109. The molecule has 0 atom stereocenters. The van der Waals surface area contributed by atoms with E-state index in [0.29, 0.717) is 23.5 Å². The summed E-state index contributed by atoms with van der Waals surface area (Å²) >= 11 is 3.63. The first-order chi connectivity index (χ1) is 22.3. The van der Waals surface area contributed by atoms with Gasteiger partial charge in [0, 0.05) is 74.7 Å². The summed E-state index contributed by atoms with van der Waals surface area (Å²) in [6.45, 7) is 12.4. The van der Waals surface area contributed by atoms with Crippen LogP contribution in [-0.2, 0) is 11.2 Å². The van der Waals surface area contributed by atoms with Gasteiger partial charge < -0.3 is 35.8 Å². The molecule has 2 aliphatic rings. The minimum absolute atomic E-state index is 0.464. The Morgan fingerprint density at radius 1 is 1.13 bits per heavy atom. The standard InChI is InChI=1S/C33H45BrN9O2P/c1-6-22-17-27(30(44-3)19-29(22)43-11-9-24(10-12-43)42-13-15-45-16-14-42)39-33-37-21-25(34)32(40-33)38-26-8-7-23(18-31(26)46(4)5)28(20-35)41-36-2/h7-8,17-21,24,35-36H,6,9-16H2,1-5H3,(H2,37,38,39,40)/b35-20?,41-28+. The molecule has 11 nitrogen and oxygen atoms in total. The molecule has 0 spiro atoms. The number of nitrogens with zero attached hydrogens (tertiary/aromatic N) is 5. The van der Waals surface area contributed by atoms with E-state index >= 15 is 0 Å². The lowest BCUT2D eigenvalue weighted by molar-refractivity contribution is 0.0115. The number of hydrazone groups is 1. The Morgan fingerprint density at radius 2 is 1.89 bits per heavy atom. The zero-order valence-electron chi connectivity index (χ0n) is 27.4. The molecule has 0 bridgehead atoms. The van der Waals surface area contributed by atoms with Gasteiger partial charge in [-0.3, -0.25) is 4.90 Å². The summed E-state index contributed by atoms with van der Waals surface area (Å²) in [5.41, 5.74) is 8.52. The Balaban J connectivity index is 1.35. The number of aryl methyl sites for hydroxylation is 1. The van der Waals surface area contributed by atoms with Gasteiger partial charge in [-0.05, 0) is 77.6 Å². The third-order valence-corrected chi connectivity index (χ3v) is 10.5. The molecule has 5 rings (SSSR count). The maximum Gasteiger partial charge on any atom is 0.229 e. The fourth-order valence-electron chi connectivity index (χ4n) is 6.10. The fourth-order valence-corrected chi connectivity index (χ4v) is 7.40. The molecule has 0 amide bonds. The number of nitrogens with one attached hydrogen (secondary N) is 4. The minimum Gasteiger partial charge on any atom is -0.494 e. The third kappa shape index (κ3) is 7.97. The van der Waals surface area contributed by atoms with Gasteiger partial charge in [0.25, 0.3) is 0 Å². The van der Waals surface area contributed by atoms with Crippen LogP contribution in [0.4, 0.5) is 28.8 Å². The van der Waals surface area contributed by atoms with Gasteiger partial charge in [-0.1, -0.05) is 20.9 Å². The lowest BCUT2D eigenvalue weighted by Crippen LogP contribution is -2.49. The van der Waals surface area contributed by atoms with Crippen molar-refractivity contribution >= 4 is 69.9 Å². The molecule has 3 heterocycles. The van der Waals surface area contributed by atoms with Crippen LogP contribution in [0.3, 0.4) is 0 Å². The van der Waals surface area contributed by atoms with Crippen LogP contribution >= 0.6 is 23.9 Å². The number of benzene rings is 2. The monoisotopic (exact) mass is 709 g/mol. The van der Waals surface area contributed by atoms with E-state index in [9.17, 15) is 0 Å². The van der Waals surface area contributed by atoms with E-state index in [1.165, 1.54) is 17.5 Å². The number of anilines is 5. The second-order valence-electron chi connectivity index (χ2n) is 11.5. The van der Waals surface area contributed by atoms with Crippen LogP contribution < -0.4 is 31.0 Å². The number of piperidine rings is 1. The molecule has 1 aromatic heterocycles. The Kier molecular flexibility index (Phi) is 11.8. The normalized spacial score (nSPS) is 16.4. The first-order valence-electron chi connectivity index (χ1n) is 15.8. The molecule has 2 saturated heterocycles. The number of halogens is 1.